The largest absolute Gasteiger partial charge is 0.322 e. The van der Waals surface area contributed by atoms with Crippen molar-refractivity contribution in [1.82, 2.24) is 52.9 Å². The number of para-hydroxylation sites is 1. The minimum Gasteiger partial charge on any atom is -0.322 e. The van der Waals surface area contributed by atoms with Gasteiger partial charge < -0.3 is 21.3 Å². The van der Waals surface area contributed by atoms with Gasteiger partial charge in [0.2, 0.25) is 0 Å². The zero-order chi connectivity index (χ0) is 96.6. The molecule has 0 bridgehead atoms. The van der Waals surface area contributed by atoms with Gasteiger partial charge in [-0.1, -0.05) is 60.7 Å². The van der Waals surface area contributed by atoms with Crippen LogP contribution < -0.4 is 47.9 Å². The van der Waals surface area contributed by atoms with Crippen molar-refractivity contribution in [1.29, 1.82) is 0 Å². The van der Waals surface area contributed by atoms with E-state index in [9.17, 15) is 61.6 Å². The summed E-state index contributed by atoms with van der Waals surface area (Å²) in [7, 11) is -11.5. The van der Waals surface area contributed by atoms with Gasteiger partial charge in [0.25, 0.3) is 23.6 Å². The average Bonchev–Trinajstić information content (AvgIpc) is 0.781. The number of fused-ring (bicyclic) bond motifs is 4. The number of benzene rings is 9. The minimum atomic E-state index is -3.71. The zero-order valence-electron chi connectivity index (χ0n) is 74.9. The van der Waals surface area contributed by atoms with E-state index in [1.807, 2.05) is 159 Å². The summed E-state index contributed by atoms with van der Waals surface area (Å²) in [6, 6.07) is 77.1. The molecule has 4 amide bonds. The number of halogens is 2. The Morgan fingerprint density at radius 2 is 0.797 bits per heavy atom. The molecular formula is C101H91F2N19O12S4. The number of nitrogens with one attached hydrogen (secondary N) is 6. The summed E-state index contributed by atoms with van der Waals surface area (Å²) >= 11 is 0. The zero-order valence-corrected chi connectivity index (χ0v) is 78.1. The van der Waals surface area contributed by atoms with Crippen LogP contribution in [0.3, 0.4) is 0 Å². The van der Waals surface area contributed by atoms with Crippen LogP contribution in [0.1, 0.15) is 78.2 Å². The smallest absolute Gasteiger partial charge is 0.303 e. The lowest BCUT2D eigenvalue weighted by molar-refractivity contribution is 0.101. The van der Waals surface area contributed by atoms with E-state index in [0.29, 0.717) is 103 Å². The minimum absolute atomic E-state index is 0.182. The summed E-state index contributed by atoms with van der Waals surface area (Å²) in [4.78, 5) is 82.7. The molecule has 20 rings (SSSR count). The van der Waals surface area contributed by atoms with Crippen molar-refractivity contribution < 1.29 is 61.6 Å². The molecular weight excluding hydrogens is 1840 g/mol. The molecule has 0 atom stereocenters. The fourth-order valence-corrected chi connectivity index (χ4v) is 21.7. The lowest BCUT2D eigenvalue weighted by Gasteiger charge is -2.33. The maximum absolute atomic E-state index is 14.9. The Bertz CT molecular complexity index is 7660. The highest BCUT2D eigenvalue weighted by Crippen LogP contribution is 2.36. The second-order valence-electron chi connectivity index (χ2n) is 32.7. The van der Waals surface area contributed by atoms with Crippen LogP contribution in [0.15, 0.2) is 298 Å². The van der Waals surface area contributed by atoms with Crippen molar-refractivity contribution in [3.8, 4) is 45.0 Å². The van der Waals surface area contributed by atoms with Crippen LogP contribution in [0.4, 0.5) is 54.3 Å². The van der Waals surface area contributed by atoms with E-state index in [1.54, 1.807) is 116 Å². The van der Waals surface area contributed by atoms with Crippen molar-refractivity contribution in [2.45, 2.75) is 39.5 Å². The standard InChI is InChI=1S/C26H24N4O3S.2C25H22FN5O3S.C25H23N5O3S/c1-18-7-11-21(17-23(18)25-14-10-19-5-2-3-6-24(19)29-25)28-26(31)20-8-12-22(13-9-20)30-16-4-15-27-34(30,32)33;1-30-13-4-14-31(35(30,33)34)19-8-9-20(21(26)16-19)25(32)28-18-6-2-5-17(15-18)22-10-11-23-24(29-22)7-3-12-27-23;1-30-12-3-13-31(35(30,33)34)20-7-8-21(22(26)15-20)25(32)28-19-5-2-4-17(14-19)23-9-6-18-16-27-11-10-24(18)29-23;1-17-5-8-19(16-22(17)24-21-4-2-12-26-23(21)11-14-27-24)29-25(31)18-6-9-20(10-7-18)30-15-3-13-28-34(30,32)33/h2-3,5-14,17,27H,4,15-16H2,1H3,(H,28,31);2-3,5-12,15-16H,4,13-14H2,1H3,(H,28,32);2,4-11,14-16H,3,12-13H2,1H3,(H,28,32);2,4-12,14,16,28H,3,13,15H2,1H3,(H,29,31). The predicted molar refractivity (Wildman–Crippen MR) is 534 cm³/mol. The van der Waals surface area contributed by atoms with Crippen LogP contribution in [-0.4, -0.2) is 167 Å². The molecule has 37 heteroatoms. The van der Waals surface area contributed by atoms with Crippen molar-refractivity contribution in [2.24, 2.45) is 0 Å². The topological polar surface area (TPSA) is 387 Å². The molecule has 16 aromatic rings. The molecule has 0 spiro atoms. The quantitative estimate of drug-likeness (QED) is 0.0523. The molecule has 7 aromatic heterocycles. The Labute approximate surface area is 795 Å². The summed E-state index contributed by atoms with van der Waals surface area (Å²) in [5, 5.41) is 14.2. The summed E-state index contributed by atoms with van der Waals surface area (Å²) in [6.45, 7) is 7.03. The highest BCUT2D eigenvalue weighted by atomic mass is 32.2. The first-order chi connectivity index (χ1) is 66.5. The predicted octanol–water partition coefficient (Wildman–Crippen LogP) is 16.6. The molecule has 0 unspecified atom stereocenters. The molecule has 0 radical (unpaired) electrons. The molecule has 4 saturated heterocycles. The molecule has 4 fully saturated rings. The summed E-state index contributed by atoms with van der Waals surface area (Å²) in [5.74, 6) is -3.43. The lowest BCUT2D eigenvalue weighted by Crippen LogP contribution is -2.48. The molecule has 6 N–H and O–H groups in total. The Morgan fingerprint density at radius 1 is 0.348 bits per heavy atom. The summed E-state index contributed by atoms with van der Waals surface area (Å²) in [5.41, 5.74) is 16.9. The Kier molecular flexibility index (Phi) is 27.8. The number of carbonyl (C=O) groups is 4. The second-order valence-corrected chi connectivity index (χ2v) is 40.0. The summed E-state index contributed by atoms with van der Waals surface area (Å²) in [6.07, 6.45) is 11.3. The van der Waals surface area contributed by atoms with Gasteiger partial charge in [0.1, 0.15) is 11.6 Å². The normalized spacial score (nSPS) is 15.5. The van der Waals surface area contributed by atoms with Crippen molar-refractivity contribution >= 4 is 154 Å². The first-order valence-electron chi connectivity index (χ1n) is 44.0. The lowest BCUT2D eigenvalue weighted by atomic mass is 10.0. The molecule has 31 nitrogen and oxygen atoms in total. The van der Waals surface area contributed by atoms with Gasteiger partial charge >= 0.3 is 40.8 Å². The van der Waals surface area contributed by atoms with Crippen molar-refractivity contribution in [2.75, 3.05) is 105 Å². The van der Waals surface area contributed by atoms with Gasteiger partial charge in [-0.15, -0.1) is 0 Å². The van der Waals surface area contributed by atoms with Crippen molar-refractivity contribution in [3.05, 3.63) is 343 Å². The van der Waals surface area contributed by atoms with Gasteiger partial charge in [0, 0.05) is 170 Å². The SMILES string of the molecule is CN1CCCN(c2ccc(C(=O)Nc3cccc(-c4ccc5cnccc5n4)c3)c(F)c2)S1(=O)=O.CN1CCCN(c2ccc(C(=O)Nc3cccc(-c4ccc5ncccc5n4)c3)c(F)c2)S1(=O)=O.Cc1ccc(NC(=O)c2ccc(N3CCCNS3(=O)=O)cc2)cc1-c1ccc2ccccc2n1.Cc1ccc(NC(=O)c2ccc(N3CCCNS3(=O)=O)cc2)cc1-c1nccc2ncccc12. The van der Waals surface area contributed by atoms with Crippen LogP contribution >= 0.6 is 0 Å². The number of amides is 4. The van der Waals surface area contributed by atoms with E-state index < -0.39 is 64.3 Å². The Balaban J connectivity index is 0.000000127. The van der Waals surface area contributed by atoms with Gasteiger partial charge in [-0.3, -0.25) is 56.3 Å². The van der Waals surface area contributed by atoms with E-state index in [0.717, 1.165) is 128 Å². The van der Waals surface area contributed by atoms with Crippen LogP contribution in [0.5, 0.6) is 0 Å². The van der Waals surface area contributed by atoms with Gasteiger partial charge in [0.05, 0.1) is 84.2 Å². The highest BCUT2D eigenvalue weighted by Gasteiger charge is 2.35. The third-order valence-corrected chi connectivity index (χ3v) is 30.4. The van der Waals surface area contributed by atoms with E-state index in [2.05, 4.69) is 60.6 Å². The van der Waals surface area contributed by atoms with Crippen LogP contribution in [0, 0.1) is 25.5 Å². The first kappa shape index (κ1) is 94.4. The fourth-order valence-electron chi connectivity index (χ4n) is 16.1. The Hall–Kier alpha value is -15.4. The van der Waals surface area contributed by atoms with Gasteiger partial charge in [-0.05, 0) is 257 Å². The maximum atomic E-state index is 14.9. The number of nitrogens with zero attached hydrogens (tertiary/aromatic N) is 13. The number of anilines is 8. The number of carbonyl (C=O) groups excluding carboxylic acids is 4. The molecule has 9 aromatic carbocycles. The molecule has 0 saturated carbocycles. The first-order valence-corrected chi connectivity index (χ1v) is 49.6. The van der Waals surface area contributed by atoms with E-state index >= 15 is 0 Å². The molecule has 4 aliphatic heterocycles. The fraction of sp³-hybridized carbons (Fsp3) is 0.158. The number of hydrogen-bond acceptors (Lipinski definition) is 19. The van der Waals surface area contributed by atoms with Gasteiger partial charge in [0.15, 0.2) is 0 Å². The molecule has 4 aliphatic rings. The monoisotopic (exact) mass is 1930 g/mol. The number of hydrogen-bond donors (Lipinski definition) is 6. The number of aryl methyl sites for hydroxylation is 2. The van der Waals surface area contributed by atoms with Crippen molar-refractivity contribution in [3.63, 3.8) is 0 Å². The third kappa shape index (κ3) is 21.2. The molecule has 0 aliphatic carbocycles. The number of pyridine rings is 7. The third-order valence-electron chi connectivity index (χ3n) is 23.5. The number of rotatable bonds is 16. The van der Waals surface area contributed by atoms with E-state index in [1.165, 1.54) is 55.6 Å². The van der Waals surface area contributed by atoms with Crippen LogP contribution in [0.2, 0.25) is 0 Å². The van der Waals surface area contributed by atoms with E-state index in [-0.39, 0.29) is 47.4 Å². The van der Waals surface area contributed by atoms with Gasteiger partial charge in [-0.2, -0.15) is 51.7 Å². The van der Waals surface area contributed by atoms with Gasteiger partial charge in [-0.25, -0.2) is 23.7 Å². The van der Waals surface area contributed by atoms with Crippen LogP contribution in [0.25, 0.3) is 88.8 Å². The highest BCUT2D eigenvalue weighted by molar-refractivity contribution is 7.91. The summed E-state index contributed by atoms with van der Waals surface area (Å²) < 4.78 is 141. The second kappa shape index (κ2) is 40.7. The molecule has 700 valence electrons. The molecule has 138 heavy (non-hydrogen) atoms. The molecule has 11 heterocycles. The maximum Gasteiger partial charge on any atom is 0.303 e. The Morgan fingerprint density at radius 3 is 1.36 bits per heavy atom. The average molecular weight is 1930 g/mol. The van der Waals surface area contributed by atoms with E-state index in [4.69, 9.17) is 4.98 Å². The number of aromatic nitrogens is 7. The van der Waals surface area contributed by atoms with Crippen LogP contribution in [-0.2, 0) is 40.8 Å².